The standard InChI is InChI=1S/C38H42Cl2FN9O7/c1-18(2)29(45-38(54)56-4)36(52)49-14-6-8-25(49)35-47-33(40)31(50(35)42)19-9-10-21-20-11-12-22(28(41)23(20)17-57-26(21)15-19)30-32(39)46-34(44-30)24-7-5-13-48(24)27(51)16-43-37(53)55-3/h9-12,15,18,24-25,29H,5-8,13-14,16-17,42H2,1-4H3,(H,43,53)(H,44,46)(H,45,54). The molecule has 5 heterocycles. The maximum Gasteiger partial charge on any atom is 0.407 e. The summed E-state index contributed by atoms with van der Waals surface area (Å²) in [5.74, 6) is 6.60. The van der Waals surface area contributed by atoms with Crippen molar-refractivity contribution in [2.24, 2.45) is 5.92 Å². The molecule has 4 aromatic rings. The number of aromatic nitrogens is 4. The molecular weight excluding hydrogens is 784 g/mol. The minimum Gasteiger partial charge on any atom is -0.488 e. The summed E-state index contributed by atoms with van der Waals surface area (Å²) < 4.78 is 33.2. The van der Waals surface area contributed by atoms with E-state index < -0.39 is 36.1 Å². The molecule has 16 nitrogen and oxygen atoms in total. The Balaban J connectivity index is 1.13. The number of nitrogen functional groups attached to an aromatic ring is 1. The van der Waals surface area contributed by atoms with Gasteiger partial charge in [-0.3, -0.25) is 9.59 Å². The van der Waals surface area contributed by atoms with E-state index in [4.69, 9.17) is 38.5 Å². The Morgan fingerprint density at radius 2 is 1.67 bits per heavy atom. The highest BCUT2D eigenvalue weighted by Crippen LogP contribution is 2.45. The zero-order chi connectivity index (χ0) is 40.7. The number of nitrogens with zero attached hydrogens (tertiary/aromatic N) is 5. The third-order valence-corrected chi connectivity index (χ3v) is 11.2. The van der Waals surface area contributed by atoms with Crippen LogP contribution in [0.3, 0.4) is 0 Å². The number of fused-ring (bicyclic) bond motifs is 3. The van der Waals surface area contributed by atoms with E-state index in [9.17, 15) is 19.2 Å². The molecule has 0 radical (unpaired) electrons. The van der Waals surface area contributed by atoms with Crippen molar-refractivity contribution < 1.29 is 37.8 Å². The molecule has 3 aliphatic rings. The number of hydrogen-bond donors (Lipinski definition) is 4. The van der Waals surface area contributed by atoms with Crippen LogP contribution in [-0.4, -0.2) is 93.3 Å². The van der Waals surface area contributed by atoms with Crippen molar-refractivity contribution in [3.8, 4) is 39.4 Å². The maximum absolute atomic E-state index is 16.4. The lowest BCUT2D eigenvalue weighted by atomic mass is 9.93. The van der Waals surface area contributed by atoms with E-state index in [1.165, 1.54) is 18.9 Å². The predicted octanol–water partition coefficient (Wildman–Crippen LogP) is 5.72. The van der Waals surface area contributed by atoms with Crippen molar-refractivity contribution in [2.45, 2.75) is 64.3 Å². The van der Waals surface area contributed by atoms with E-state index in [1.54, 1.807) is 40.1 Å². The van der Waals surface area contributed by atoms with Crippen LogP contribution in [0.4, 0.5) is 14.0 Å². The SMILES string of the molecule is COC(=O)NCC(=O)N1CCCC1c1nc(-c2ccc3c(c2F)COc2cc(-c4c(Cl)nc(C5CCCN5C(=O)C(NC(=O)OC)C(C)C)n4N)ccc2-3)c(Cl)[nH]1. The molecule has 7 rings (SSSR count). The van der Waals surface area contributed by atoms with Gasteiger partial charge in [-0.2, -0.15) is 0 Å². The average Bonchev–Trinajstić information content (AvgIpc) is 4.01. The van der Waals surface area contributed by atoms with Gasteiger partial charge in [0, 0.05) is 35.3 Å². The normalized spacial score (nSPS) is 17.8. The van der Waals surface area contributed by atoms with Crippen molar-refractivity contribution in [2.75, 3.05) is 39.7 Å². The Morgan fingerprint density at radius 3 is 2.39 bits per heavy atom. The highest BCUT2D eigenvalue weighted by atomic mass is 35.5. The van der Waals surface area contributed by atoms with Crippen LogP contribution in [0, 0.1) is 11.7 Å². The van der Waals surface area contributed by atoms with Gasteiger partial charge in [-0.1, -0.05) is 49.2 Å². The molecule has 2 aromatic carbocycles. The van der Waals surface area contributed by atoms with Crippen LogP contribution in [0.5, 0.6) is 5.75 Å². The van der Waals surface area contributed by atoms with Crippen LogP contribution >= 0.6 is 23.2 Å². The second-order valence-corrected chi connectivity index (χ2v) is 15.1. The number of carbonyl (C=O) groups excluding carboxylic acids is 4. The number of nitrogens with one attached hydrogen (secondary N) is 3. The first-order valence-electron chi connectivity index (χ1n) is 18.5. The molecular formula is C38H42Cl2FN9O7. The lowest BCUT2D eigenvalue weighted by molar-refractivity contribution is -0.135. The molecule has 0 spiro atoms. The summed E-state index contributed by atoms with van der Waals surface area (Å²) in [5, 5.41) is 5.29. The number of H-pyrrole nitrogens is 1. The fraction of sp³-hybridized carbons (Fsp3) is 0.421. The first-order valence-corrected chi connectivity index (χ1v) is 19.2. The summed E-state index contributed by atoms with van der Waals surface area (Å²) in [6.07, 6.45) is 1.21. The third-order valence-electron chi connectivity index (χ3n) is 10.7. The summed E-state index contributed by atoms with van der Waals surface area (Å²) in [7, 11) is 2.46. The minimum absolute atomic E-state index is 0.0882. The minimum atomic E-state index is -0.811. The molecule has 57 heavy (non-hydrogen) atoms. The van der Waals surface area contributed by atoms with Gasteiger partial charge in [0.05, 0.1) is 26.3 Å². The van der Waals surface area contributed by atoms with E-state index in [0.29, 0.717) is 84.1 Å². The Kier molecular flexibility index (Phi) is 11.2. The molecule has 2 aromatic heterocycles. The van der Waals surface area contributed by atoms with Crippen molar-refractivity contribution in [1.29, 1.82) is 0 Å². The Hall–Kier alpha value is -5.55. The van der Waals surface area contributed by atoms with Gasteiger partial charge in [0.25, 0.3) is 0 Å². The van der Waals surface area contributed by atoms with Crippen LogP contribution in [0.25, 0.3) is 33.6 Å². The number of amides is 4. The number of ether oxygens (including phenoxy) is 3. The summed E-state index contributed by atoms with van der Waals surface area (Å²) >= 11 is 13.3. The summed E-state index contributed by atoms with van der Waals surface area (Å²) in [6.45, 7) is 4.26. The number of alkyl carbamates (subject to hydrolysis) is 2. The number of aromatic amines is 1. The summed E-state index contributed by atoms with van der Waals surface area (Å²) in [5.41, 5.74) is 2.95. The van der Waals surface area contributed by atoms with Gasteiger partial charge in [0.15, 0.2) is 11.0 Å². The quantitative estimate of drug-likeness (QED) is 0.151. The third kappa shape index (κ3) is 7.41. The van der Waals surface area contributed by atoms with Crippen molar-refractivity contribution in [1.82, 2.24) is 40.1 Å². The number of methoxy groups -OCH3 is 2. The second kappa shape index (κ2) is 16.1. The number of likely N-dealkylation sites (tertiary alicyclic amines) is 2. The molecule has 302 valence electrons. The van der Waals surface area contributed by atoms with Gasteiger partial charge in [0.1, 0.15) is 53.1 Å². The van der Waals surface area contributed by atoms with Gasteiger partial charge >= 0.3 is 12.2 Å². The number of hydrogen-bond acceptors (Lipinski definition) is 10. The van der Waals surface area contributed by atoms with Crippen LogP contribution in [0.2, 0.25) is 10.3 Å². The number of benzene rings is 2. The maximum atomic E-state index is 16.4. The highest BCUT2D eigenvalue weighted by Gasteiger charge is 2.39. The monoisotopic (exact) mass is 825 g/mol. The lowest BCUT2D eigenvalue weighted by Gasteiger charge is -2.30. The van der Waals surface area contributed by atoms with Gasteiger partial charge in [-0.25, -0.2) is 28.6 Å². The average molecular weight is 827 g/mol. The Labute approximate surface area is 337 Å². The highest BCUT2D eigenvalue weighted by molar-refractivity contribution is 6.32. The predicted molar refractivity (Wildman–Crippen MR) is 207 cm³/mol. The van der Waals surface area contributed by atoms with Crippen LogP contribution in [0.15, 0.2) is 30.3 Å². The van der Waals surface area contributed by atoms with Crippen LogP contribution in [-0.2, 0) is 25.7 Å². The zero-order valence-corrected chi connectivity index (χ0v) is 33.2. The first-order chi connectivity index (χ1) is 27.3. The number of nitrogens with two attached hydrogens (primary N) is 1. The topological polar surface area (TPSA) is 199 Å². The number of imidazole rings is 2. The van der Waals surface area contributed by atoms with Crippen molar-refractivity contribution in [3.05, 3.63) is 63.7 Å². The van der Waals surface area contributed by atoms with Crippen molar-refractivity contribution in [3.63, 3.8) is 0 Å². The fourth-order valence-electron chi connectivity index (χ4n) is 7.83. The number of rotatable bonds is 9. The van der Waals surface area contributed by atoms with Gasteiger partial charge in [-0.15, -0.1) is 0 Å². The zero-order valence-electron chi connectivity index (χ0n) is 31.7. The largest absolute Gasteiger partial charge is 0.488 e. The molecule has 0 bridgehead atoms. The van der Waals surface area contributed by atoms with Gasteiger partial charge in [0.2, 0.25) is 11.8 Å². The first kappa shape index (κ1) is 39.7. The molecule has 5 N–H and O–H groups in total. The number of carbonyl (C=O) groups is 4. The molecule has 0 saturated carbocycles. The molecule has 2 fully saturated rings. The molecule has 3 unspecified atom stereocenters. The van der Waals surface area contributed by atoms with E-state index in [-0.39, 0.29) is 52.4 Å². The molecule has 4 amide bonds. The van der Waals surface area contributed by atoms with E-state index in [0.717, 1.165) is 0 Å². The summed E-state index contributed by atoms with van der Waals surface area (Å²) in [4.78, 5) is 65.6. The molecule has 2 saturated heterocycles. The van der Waals surface area contributed by atoms with Crippen LogP contribution in [0.1, 0.15) is 68.8 Å². The molecule has 3 atom stereocenters. The summed E-state index contributed by atoms with van der Waals surface area (Å²) in [6, 6.07) is 7.01. The van der Waals surface area contributed by atoms with Crippen molar-refractivity contribution >= 4 is 47.2 Å². The van der Waals surface area contributed by atoms with Gasteiger partial charge < -0.3 is 45.5 Å². The number of halogens is 3. The van der Waals surface area contributed by atoms with E-state index in [2.05, 4.69) is 30.3 Å². The van der Waals surface area contributed by atoms with E-state index in [1.807, 2.05) is 13.8 Å². The molecule has 0 aliphatic carbocycles. The fourth-order valence-corrected chi connectivity index (χ4v) is 8.35. The molecule has 19 heteroatoms. The lowest BCUT2D eigenvalue weighted by Crippen LogP contribution is -2.51. The second-order valence-electron chi connectivity index (χ2n) is 14.4. The smallest absolute Gasteiger partial charge is 0.407 e. The Morgan fingerprint density at radius 1 is 0.982 bits per heavy atom. The van der Waals surface area contributed by atoms with Gasteiger partial charge in [-0.05, 0) is 55.4 Å². The van der Waals surface area contributed by atoms with Crippen LogP contribution < -0.4 is 21.2 Å². The molecule has 3 aliphatic heterocycles. The van der Waals surface area contributed by atoms with E-state index >= 15 is 4.39 Å². The Bertz CT molecular complexity index is 2250.